The smallest absolute Gasteiger partial charge is 0.157 e. The Bertz CT molecular complexity index is 737. The van der Waals surface area contributed by atoms with Gasteiger partial charge in [0.15, 0.2) is 5.82 Å². The van der Waals surface area contributed by atoms with Gasteiger partial charge in [-0.1, -0.05) is 11.6 Å². The summed E-state index contributed by atoms with van der Waals surface area (Å²) >= 11 is 7.87. The maximum absolute atomic E-state index is 6.24. The molecule has 3 heterocycles. The van der Waals surface area contributed by atoms with Gasteiger partial charge in [-0.3, -0.25) is 0 Å². The molecule has 0 amide bonds. The summed E-state index contributed by atoms with van der Waals surface area (Å²) < 4.78 is 10.7. The fraction of sp³-hybridized carbons (Fsp3) is 0.286. The molecule has 0 unspecified atom stereocenters. The summed E-state index contributed by atoms with van der Waals surface area (Å²) in [6, 6.07) is 3.69. The average molecular weight is 309 g/mol. The molecule has 0 fully saturated rings. The molecule has 3 aromatic rings. The standard InChI is InChI=1S/C14H13ClN2O2S/c1-8-9(2)20-14-12(8)13(15)16-11(17-14)7-18-6-10-4-3-5-19-10/h3-5H,6-7H2,1-2H3. The van der Waals surface area contributed by atoms with Crippen molar-refractivity contribution >= 4 is 33.2 Å². The van der Waals surface area contributed by atoms with E-state index in [1.54, 1.807) is 17.6 Å². The van der Waals surface area contributed by atoms with Gasteiger partial charge in [0, 0.05) is 4.88 Å². The molecule has 104 valence electrons. The highest BCUT2D eigenvalue weighted by Gasteiger charge is 2.13. The highest BCUT2D eigenvalue weighted by atomic mass is 35.5. The molecule has 0 saturated carbocycles. The van der Waals surface area contributed by atoms with E-state index in [1.807, 2.05) is 19.1 Å². The van der Waals surface area contributed by atoms with Crippen LogP contribution in [-0.4, -0.2) is 9.97 Å². The normalized spacial score (nSPS) is 11.3. The number of fused-ring (bicyclic) bond motifs is 1. The molecule has 6 heteroatoms. The van der Waals surface area contributed by atoms with E-state index in [4.69, 9.17) is 20.8 Å². The minimum absolute atomic E-state index is 0.312. The Labute approximate surface area is 125 Å². The largest absolute Gasteiger partial charge is 0.467 e. The van der Waals surface area contributed by atoms with E-state index in [9.17, 15) is 0 Å². The van der Waals surface area contributed by atoms with E-state index in [0.29, 0.717) is 24.2 Å². The summed E-state index contributed by atoms with van der Waals surface area (Å²) in [7, 11) is 0. The van der Waals surface area contributed by atoms with Crippen molar-refractivity contribution in [3.8, 4) is 0 Å². The van der Waals surface area contributed by atoms with Crippen LogP contribution in [0.15, 0.2) is 22.8 Å². The number of ether oxygens (including phenoxy) is 1. The summed E-state index contributed by atoms with van der Waals surface area (Å²) in [5.41, 5.74) is 1.15. The minimum Gasteiger partial charge on any atom is -0.467 e. The molecule has 0 aliphatic rings. The quantitative estimate of drug-likeness (QED) is 0.675. The van der Waals surface area contributed by atoms with Gasteiger partial charge in [0.25, 0.3) is 0 Å². The molecule has 0 N–H and O–H groups in total. The zero-order chi connectivity index (χ0) is 14.1. The van der Waals surface area contributed by atoms with Gasteiger partial charge in [-0.15, -0.1) is 11.3 Å². The maximum atomic E-state index is 6.24. The van der Waals surface area contributed by atoms with Crippen LogP contribution in [0.4, 0.5) is 0 Å². The lowest BCUT2D eigenvalue weighted by atomic mass is 10.2. The van der Waals surface area contributed by atoms with Crippen molar-refractivity contribution in [3.05, 3.63) is 45.6 Å². The summed E-state index contributed by atoms with van der Waals surface area (Å²) in [5, 5.41) is 1.44. The zero-order valence-corrected chi connectivity index (χ0v) is 12.7. The molecular formula is C14H13ClN2O2S. The third-order valence-electron chi connectivity index (χ3n) is 3.09. The van der Waals surface area contributed by atoms with E-state index in [2.05, 4.69) is 16.9 Å². The molecular weight excluding hydrogens is 296 g/mol. The second kappa shape index (κ2) is 5.52. The van der Waals surface area contributed by atoms with Crippen LogP contribution in [0.3, 0.4) is 0 Å². The van der Waals surface area contributed by atoms with Crippen LogP contribution in [0.2, 0.25) is 5.15 Å². The molecule has 0 aliphatic heterocycles. The number of hydrogen-bond acceptors (Lipinski definition) is 5. The van der Waals surface area contributed by atoms with Gasteiger partial charge in [-0.25, -0.2) is 9.97 Å². The van der Waals surface area contributed by atoms with Gasteiger partial charge in [-0.05, 0) is 31.5 Å². The lowest BCUT2D eigenvalue weighted by Crippen LogP contribution is -1.99. The predicted molar refractivity (Wildman–Crippen MR) is 79.1 cm³/mol. The van der Waals surface area contributed by atoms with Crippen LogP contribution in [0, 0.1) is 13.8 Å². The molecule has 3 aromatic heterocycles. The molecule has 0 saturated heterocycles. The van der Waals surface area contributed by atoms with Crippen molar-refractivity contribution in [3.63, 3.8) is 0 Å². The number of aromatic nitrogens is 2. The van der Waals surface area contributed by atoms with E-state index in [-0.39, 0.29) is 0 Å². The van der Waals surface area contributed by atoms with Crippen molar-refractivity contribution in [2.75, 3.05) is 0 Å². The van der Waals surface area contributed by atoms with Crippen LogP contribution >= 0.6 is 22.9 Å². The Morgan fingerprint density at radius 3 is 2.90 bits per heavy atom. The van der Waals surface area contributed by atoms with Crippen LogP contribution in [-0.2, 0) is 18.0 Å². The second-order valence-corrected chi connectivity index (χ2v) is 6.03. The third kappa shape index (κ3) is 2.57. The molecule has 0 atom stereocenters. The topological polar surface area (TPSA) is 48.2 Å². The van der Waals surface area contributed by atoms with Crippen LogP contribution in [0.25, 0.3) is 10.2 Å². The summed E-state index contributed by atoms with van der Waals surface area (Å²) in [5.74, 6) is 1.37. The molecule has 0 bridgehead atoms. The van der Waals surface area contributed by atoms with Gasteiger partial charge in [0.2, 0.25) is 0 Å². The summed E-state index contributed by atoms with van der Waals surface area (Å²) in [6.45, 7) is 4.81. The van der Waals surface area contributed by atoms with Crippen LogP contribution < -0.4 is 0 Å². The Hall–Kier alpha value is -1.43. The Kier molecular flexibility index (Phi) is 3.74. The average Bonchev–Trinajstić information content (AvgIpc) is 2.99. The van der Waals surface area contributed by atoms with E-state index in [1.165, 1.54) is 4.88 Å². The highest BCUT2D eigenvalue weighted by molar-refractivity contribution is 7.18. The second-order valence-electron chi connectivity index (χ2n) is 4.47. The van der Waals surface area contributed by atoms with Crippen molar-refractivity contribution in [1.29, 1.82) is 0 Å². The van der Waals surface area contributed by atoms with E-state index in [0.717, 1.165) is 21.5 Å². The number of hydrogen-bond donors (Lipinski definition) is 0. The lowest BCUT2D eigenvalue weighted by Gasteiger charge is -2.03. The fourth-order valence-electron chi connectivity index (χ4n) is 1.94. The number of halogens is 1. The molecule has 0 aliphatic carbocycles. The highest BCUT2D eigenvalue weighted by Crippen LogP contribution is 2.32. The monoisotopic (exact) mass is 308 g/mol. The van der Waals surface area contributed by atoms with Gasteiger partial charge < -0.3 is 9.15 Å². The lowest BCUT2D eigenvalue weighted by molar-refractivity contribution is 0.0883. The van der Waals surface area contributed by atoms with Crippen molar-refractivity contribution in [2.45, 2.75) is 27.1 Å². The SMILES string of the molecule is Cc1sc2nc(COCc3ccco3)nc(Cl)c2c1C. The van der Waals surface area contributed by atoms with Gasteiger partial charge >= 0.3 is 0 Å². The molecule has 4 nitrogen and oxygen atoms in total. The minimum atomic E-state index is 0.312. The molecule has 3 rings (SSSR count). The fourth-order valence-corrected chi connectivity index (χ4v) is 3.38. The third-order valence-corrected chi connectivity index (χ3v) is 4.46. The van der Waals surface area contributed by atoms with Crippen molar-refractivity contribution in [2.24, 2.45) is 0 Å². The van der Waals surface area contributed by atoms with E-state index < -0.39 is 0 Å². The first-order chi connectivity index (χ1) is 9.65. The first kappa shape index (κ1) is 13.5. The van der Waals surface area contributed by atoms with Gasteiger partial charge in [0.05, 0.1) is 11.6 Å². The predicted octanol–water partition coefficient (Wildman–Crippen LogP) is 4.27. The zero-order valence-electron chi connectivity index (χ0n) is 11.1. The van der Waals surface area contributed by atoms with Crippen LogP contribution in [0.5, 0.6) is 0 Å². The van der Waals surface area contributed by atoms with E-state index >= 15 is 0 Å². The Morgan fingerprint density at radius 2 is 2.15 bits per heavy atom. The molecule has 0 aromatic carbocycles. The Morgan fingerprint density at radius 1 is 1.30 bits per heavy atom. The molecule has 0 spiro atoms. The van der Waals surface area contributed by atoms with Gasteiger partial charge in [-0.2, -0.15) is 0 Å². The number of aryl methyl sites for hydroxylation is 2. The van der Waals surface area contributed by atoms with Gasteiger partial charge in [0.1, 0.15) is 29.0 Å². The number of nitrogens with zero attached hydrogens (tertiary/aromatic N) is 2. The number of thiophene rings is 1. The first-order valence-corrected chi connectivity index (χ1v) is 7.37. The first-order valence-electron chi connectivity index (χ1n) is 6.17. The van der Waals surface area contributed by atoms with Crippen molar-refractivity contribution < 1.29 is 9.15 Å². The summed E-state index contributed by atoms with van der Waals surface area (Å²) in [6.07, 6.45) is 1.62. The van der Waals surface area contributed by atoms with Crippen LogP contribution in [0.1, 0.15) is 22.0 Å². The Balaban J connectivity index is 1.78. The van der Waals surface area contributed by atoms with Crippen molar-refractivity contribution in [1.82, 2.24) is 9.97 Å². The molecule has 20 heavy (non-hydrogen) atoms. The number of furan rings is 1. The number of rotatable bonds is 4. The maximum Gasteiger partial charge on any atom is 0.157 e. The molecule has 0 radical (unpaired) electrons. The summed E-state index contributed by atoms with van der Waals surface area (Å²) in [4.78, 5) is 10.9.